The van der Waals surface area contributed by atoms with Crippen molar-refractivity contribution in [1.29, 1.82) is 0 Å². The Kier molecular flexibility index (Phi) is 3.57. The molecule has 2 heterocycles. The highest BCUT2D eigenvalue weighted by molar-refractivity contribution is 5.28. The van der Waals surface area contributed by atoms with Crippen molar-refractivity contribution in [3.8, 4) is 5.82 Å². The molecule has 102 valence electrons. The van der Waals surface area contributed by atoms with Crippen LogP contribution in [0.15, 0.2) is 30.7 Å². The first-order chi connectivity index (χ1) is 8.93. The summed E-state index contributed by atoms with van der Waals surface area (Å²) in [4.78, 5) is 8.03. The summed E-state index contributed by atoms with van der Waals surface area (Å²) in [7, 11) is 1.02. The number of ether oxygens (including phenoxy) is 1. The summed E-state index contributed by atoms with van der Waals surface area (Å²) >= 11 is 0. The molecule has 4 nitrogen and oxygen atoms in total. The monoisotopic (exact) mass is 271 g/mol. The van der Waals surface area contributed by atoms with Crippen LogP contribution >= 0.6 is 0 Å². The Morgan fingerprint density at radius 1 is 1.26 bits per heavy atom. The maximum atomic E-state index is 12.7. The third-order valence-electron chi connectivity index (χ3n) is 2.68. The van der Waals surface area contributed by atoms with Gasteiger partial charge >= 0.3 is 6.18 Å². The predicted octanol–water partition coefficient (Wildman–Crippen LogP) is 2.83. The molecule has 0 amide bonds. The lowest BCUT2D eigenvalue weighted by molar-refractivity contribution is -0.216. The van der Waals surface area contributed by atoms with Gasteiger partial charge in [0.1, 0.15) is 11.6 Å². The average molecular weight is 271 g/mol. The van der Waals surface area contributed by atoms with E-state index in [0.717, 1.165) is 13.3 Å². The zero-order valence-corrected chi connectivity index (χ0v) is 10.3. The van der Waals surface area contributed by atoms with E-state index in [1.807, 2.05) is 0 Å². The smallest absolute Gasteiger partial charge is 0.367 e. The molecule has 0 aliphatic carbocycles. The van der Waals surface area contributed by atoms with Gasteiger partial charge in [-0.3, -0.25) is 4.57 Å². The Hall–Kier alpha value is -1.89. The Morgan fingerprint density at radius 2 is 2.00 bits per heavy atom. The fourth-order valence-corrected chi connectivity index (χ4v) is 1.77. The van der Waals surface area contributed by atoms with E-state index in [2.05, 4.69) is 14.7 Å². The summed E-state index contributed by atoms with van der Waals surface area (Å²) in [6.45, 7) is 1.78. The van der Waals surface area contributed by atoms with E-state index < -0.39 is 12.3 Å². The van der Waals surface area contributed by atoms with Gasteiger partial charge in [-0.2, -0.15) is 13.2 Å². The first-order valence-electron chi connectivity index (χ1n) is 5.49. The molecule has 1 unspecified atom stereocenters. The zero-order chi connectivity index (χ0) is 14.0. The van der Waals surface area contributed by atoms with Crippen molar-refractivity contribution in [1.82, 2.24) is 14.5 Å². The van der Waals surface area contributed by atoms with Gasteiger partial charge in [0.15, 0.2) is 6.10 Å². The standard InChI is InChI=1S/C12H12F3N3O/c1-8-16-5-6-18(8)10-4-3-9(7-17-10)11(19-2)12(13,14)15/h3-7,11H,1-2H3. The Morgan fingerprint density at radius 3 is 2.42 bits per heavy atom. The molecule has 19 heavy (non-hydrogen) atoms. The van der Waals surface area contributed by atoms with E-state index in [9.17, 15) is 13.2 Å². The van der Waals surface area contributed by atoms with E-state index in [1.54, 1.807) is 23.9 Å². The third-order valence-corrected chi connectivity index (χ3v) is 2.68. The van der Waals surface area contributed by atoms with E-state index in [1.165, 1.54) is 12.1 Å². The summed E-state index contributed by atoms with van der Waals surface area (Å²) in [5, 5.41) is 0. The summed E-state index contributed by atoms with van der Waals surface area (Å²) in [6.07, 6.45) is -1.97. The number of hydrogen-bond donors (Lipinski definition) is 0. The lowest BCUT2D eigenvalue weighted by Gasteiger charge is -2.18. The molecule has 0 aromatic carbocycles. The highest BCUT2D eigenvalue weighted by Crippen LogP contribution is 2.34. The normalized spacial score (nSPS) is 13.5. The van der Waals surface area contributed by atoms with Crippen LogP contribution in [0.1, 0.15) is 17.5 Å². The third kappa shape index (κ3) is 2.76. The van der Waals surface area contributed by atoms with Crippen molar-refractivity contribution >= 4 is 0 Å². The summed E-state index contributed by atoms with van der Waals surface area (Å²) in [5.41, 5.74) is -0.0310. The van der Waals surface area contributed by atoms with Crippen molar-refractivity contribution in [3.05, 3.63) is 42.1 Å². The molecule has 0 saturated heterocycles. The first kappa shape index (κ1) is 13.5. The SMILES string of the molecule is COC(c1ccc(-n2ccnc2C)nc1)C(F)(F)F. The first-order valence-corrected chi connectivity index (χ1v) is 5.49. The number of hydrogen-bond acceptors (Lipinski definition) is 3. The van der Waals surface area contributed by atoms with Gasteiger partial charge in [0.25, 0.3) is 0 Å². The molecule has 0 aliphatic rings. The number of aromatic nitrogens is 3. The van der Waals surface area contributed by atoms with Gasteiger partial charge in [-0.15, -0.1) is 0 Å². The van der Waals surface area contributed by atoms with E-state index in [4.69, 9.17) is 0 Å². The van der Waals surface area contributed by atoms with Crippen LogP contribution in [0.3, 0.4) is 0 Å². The van der Waals surface area contributed by atoms with Crippen LogP contribution in [0.25, 0.3) is 5.82 Å². The number of methoxy groups -OCH3 is 1. The molecule has 0 bridgehead atoms. The molecule has 0 fully saturated rings. The van der Waals surface area contributed by atoms with Gasteiger partial charge in [-0.05, 0) is 13.0 Å². The molecule has 7 heteroatoms. The molecule has 0 N–H and O–H groups in total. The van der Waals surface area contributed by atoms with Crippen LogP contribution in [0.2, 0.25) is 0 Å². The minimum absolute atomic E-state index is 0.0310. The number of imidazole rings is 1. The quantitative estimate of drug-likeness (QED) is 0.861. The number of alkyl halides is 3. The molecule has 0 spiro atoms. The average Bonchev–Trinajstić information content (AvgIpc) is 2.75. The fraction of sp³-hybridized carbons (Fsp3) is 0.333. The molecule has 0 aliphatic heterocycles. The highest BCUT2D eigenvalue weighted by Gasteiger charge is 2.41. The fourth-order valence-electron chi connectivity index (χ4n) is 1.77. The molecule has 2 rings (SSSR count). The second-order valence-electron chi connectivity index (χ2n) is 3.95. The van der Waals surface area contributed by atoms with Crippen LogP contribution in [-0.2, 0) is 4.74 Å². The summed E-state index contributed by atoms with van der Waals surface area (Å²) in [6, 6.07) is 2.85. The van der Waals surface area contributed by atoms with Crippen molar-refractivity contribution in [2.45, 2.75) is 19.2 Å². The van der Waals surface area contributed by atoms with E-state index >= 15 is 0 Å². The maximum Gasteiger partial charge on any atom is 0.418 e. The minimum atomic E-state index is -4.46. The van der Waals surface area contributed by atoms with Crippen molar-refractivity contribution < 1.29 is 17.9 Å². The van der Waals surface area contributed by atoms with Crippen molar-refractivity contribution in [2.75, 3.05) is 7.11 Å². The Labute approximate surface area is 107 Å². The second kappa shape index (κ2) is 5.00. The van der Waals surface area contributed by atoms with E-state index in [0.29, 0.717) is 11.6 Å². The molecule has 0 radical (unpaired) electrons. The molecular formula is C12H12F3N3O. The largest absolute Gasteiger partial charge is 0.418 e. The highest BCUT2D eigenvalue weighted by atomic mass is 19.4. The zero-order valence-electron chi connectivity index (χ0n) is 10.3. The van der Waals surface area contributed by atoms with Crippen molar-refractivity contribution in [2.24, 2.45) is 0 Å². The van der Waals surface area contributed by atoms with E-state index in [-0.39, 0.29) is 5.56 Å². The molecule has 0 saturated carbocycles. The molecular weight excluding hydrogens is 259 g/mol. The number of nitrogens with zero attached hydrogens (tertiary/aromatic N) is 3. The Balaban J connectivity index is 2.31. The van der Waals surface area contributed by atoms with Crippen LogP contribution in [0.4, 0.5) is 13.2 Å². The summed E-state index contributed by atoms with van der Waals surface area (Å²) < 4.78 is 44.2. The topological polar surface area (TPSA) is 39.9 Å². The van der Waals surface area contributed by atoms with Crippen LogP contribution in [-0.4, -0.2) is 27.8 Å². The Bertz CT molecular complexity index is 548. The number of aryl methyl sites for hydroxylation is 1. The number of pyridine rings is 1. The molecule has 2 aromatic heterocycles. The number of halogens is 3. The predicted molar refractivity (Wildman–Crippen MR) is 61.9 cm³/mol. The van der Waals surface area contributed by atoms with Crippen molar-refractivity contribution in [3.63, 3.8) is 0 Å². The van der Waals surface area contributed by atoms with Crippen LogP contribution < -0.4 is 0 Å². The second-order valence-corrected chi connectivity index (χ2v) is 3.95. The van der Waals surface area contributed by atoms with Gasteiger partial charge in [0.2, 0.25) is 0 Å². The maximum absolute atomic E-state index is 12.7. The molecule has 2 aromatic rings. The van der Waals surface area contributed by atoms with Crippen LogP contribution in [0, 0.1) is 6.92 Å². The number of rotatable bonds is 3. The minimum Gasteiger partial charge on any atom is -0.367 e. The van der Waals surface area contributed by atoms with Crippen LogP contribution in [0.5, 0.6) is 0 Å². The van der Waals surface area contributed by atoms with Gasteiger partial charge < -0.3 is 4.74 Å². The van der Waals surface area contributed by atoms with Gasteiger partial charge in [0.05, 0.1) is 0 Å². The molecule has 1 atom stereocenters. The van der Waals surface area contributed by atoms with Gasteiger partial charge in [-0.25, -0.2) is 9.97 Å². The van der Waals surface area contributed by atoms with Gasteiger partial charge in [-0.1, -0.05) is 6.07 Å². The lowest BCUT2D eigenvalue weighted by Crippen LogP contribution is -2.22. The summed E-state index contributed by atoms with van der Waals surface area (Å²) in [5.74, 6) is 1.22. The lowest BCUT2D eigenvalue weighted by atomic mass is 10.1. The van der Waals surface area contributed by atoms with Gasteiger partial charge in [0, 0.05) is 31.3 Å².